The third kappa shape index (κ3) is 6.49. The minimum atomic E-state index is -4.13. The number of amides is 2. The number of nitrogens with one attached hydrogen (secondary N) is 2. The lowest BCUT2D eigenvalue weighted by Gasteiger charge is -2.61. The van der Waals surface area contributed by atoms with E-state index in [-0.39, 0.29) is 35.1 Å². The van der Waals surface area contributed by atoms with Gasteiger partial charge < -0.3 is 20.1 Å². The molecular weight excluding hydrogens is 514 g/mol. The Morgan fingerprint density at radius 1 is 1.26 bits per heavy atom. The van der Waals surface area contributed by atoms with E-state index in [0.717, 1.165) is 19.3 Å². The molecule has 0 radical (unpaired) electrons. The van der Waals surface area contributed by atoms with Crippen molar-refractivity contribution in [2.45, 2.75) is 82.9 Å². The van der Waals surface area contributed by atoms with Crippen LogP contribution in [0.4, 0.5) is 4.79 Å². The summed E-state index contributed by atoms with van der Waals surface area (Å²) < 4.78 is 41.3. The number of rotatable bonds is 10. The smallest absolute Gasteiger partial charge is 0.407 e. The molecule has 0 aliphatic heterocycles. The molecule has 4 aliphatic rings. The molecule has 4 N–H and O–H groups in total. The van der Waals surface area contributed by atoms with E-state index in [2.05, 4.69) is 20.5 Å². The van der Waals surface area contributed by atoms with Crippen LogP contribution in [0.25, 0.3) is 6.20 Å². The van der Waals surface area contributed by atoms with E-state index >= 15 is 0 Å². The van der Waals surface area contributed by atoms with E-state index in [4.69, 9.17) is 14.1 Å². The fourth-order valence-electron chi connectivity index (χ4n) is 6.59. The molecule has 0 saturated heterocycles. The molecule has 5 rings (SSSR count). The average Bonchev–Trinajstić information content (AvgIpc) is 3.16. The molecule has 4 bridgehead atoms. The van der Waals surface area contributed by atoms with Crippen molar-refractivity contribution in [2.75, 3.05) is 13.7 Å². The Morgan fingerprint density at radius 3 is 2.50 bits per heavy atom. The molecule has 4 aliphatic carbocycles. The Labute approximate surface area is 223 Å². The van der Waals surface area contributed by atoms with Gasteiger partial charge in [0.1, 0.15) is 5.56 Å². The molecule has 1 aromatic heterocycles. The number of nitrogens with zero attached hydrogens (tertiary/aromatic N) is 2. The fraction of sp³-hybridized carbons (Fsp3) is 0.720. The average molecular weight is 554 g/mol. The van der Waals surface area contributed by atoms with Crippen LogP contribution < -0.4 is 20.5 Å². The number of aromatic nitrogens is 2. The van der Waals surface area contributed by atoms with E-state index in [1.54, 1.807) is 26.1 Å². The quantitative estimate of drug-likeness (QED) is 0.398. The summed E-state index contributed by atoms with van der Waals surface area (Å²) in [6, 6.07) is 0. The number of alkyl carbamates (subject to hydrolysis) is 1. The molecule has 4 fully saturated rings. The molecule has 2 amide bonds. The predicted molar refractivity (Wildman–Crippen MR) is 139 cm³/mol. The molecule has 0 aromatic carbocycles. The Bertz CT molecular complexity index is 1190. The molecule has 0 spiro atoms. The third-order valence-electron chi connectivity index (χ3n) is 7.47. The highest BCUT2D eigenvalue weighted by Crippen LogP contribution is 2.59. The summed E-state index contributed by atoms with van der Waals surface area (Å²) in [7, 11) is -2.84. The second kappa shape index (κ2) is 10.2. The van der Waals surface area contributed by atoms with Crippen molar-refractivity contribution in [3.63, 3.8) is 0 Å². The van der Waals surface area contributed by atoms with Crippen LogP contribution in [0.5, 0.6) is 5.88 Å². The zero-order valence-corrected chi connectivity index (χ0v) is 23.5. The summed E-state index contributed by atoms with van der Waals surface area (Å²) in [5, 5.41) is 15.5. The first kappa shape index (κ1) is 28.4. The molecule has 1 heterocycles. The van der Waals surface area contributed by atoms with Crippen LogP contribution in [0, 0.1) is 17.8 Å². The largest absolute Gasteiger partial charge is 0.477 e. The van der Waals surface area contributed by atoms with Crippen LogP contribution in [0.1, 0.15) is 76.6 Å². The number of methoxy groups -OCH3 is 1. The molecule has 2 unspecified atom stereocenters. The van der Waals surface area contributed by atoms with Crippen molar-refractivity contribution in [1.29, 1.82) is 0 Å². The van der Waals surface area contributed by atoms with Crippen LogP contribution >= 0.6 is 0 Å². The highest BCUT2D eigenvalue weighted by molar-refractivity contribution is 7.84. The van der Waals surface area contributed by atoms with Crippen molar-refractivity contribution in [3.05, 3.63) is 17.8 Å². The fourth-order valence-corrected chi connectivity index (χ4v) is 7.28. The second-order valence-electron chi connectivity index (χ2n) is 12.1. The summed E-state index contributed by atoms with van der Waals surface area (Å²) in [4.78, 5) is 25.3. The first-order valence-corrected chi connectivity index (χ1v) is 14.4. The van der Waals surface area contributed by atoms with Gasteiger partial charge >= 0.3 is 16.4 Å². The van der Waals surface area contributed by atoms with Crippen molar-refractivity contribution < 1.29 is 31.7 Å². The highest BCUT2D eigenvalue weighted by atomic mass is 32.2. The van der Waals surface area contributed by atoms with Gasteiger partial charge in [-0.05, 0) is 69.8 Å². The van der Waals surface area contributed by atoms with Gasteiger partial charge in [-0.15, -0.1) is 0 Å². The standard InChI is InChI=1S/C25H39N5O7S/c1-16(2)14-36-21-19(13-27-30(21)7-6-23(3,4)29-22(32)35-5)20(31)28-24-9-17-8-18(10-24)12-25(11-17,15-24)37-38(26,33)34/h6-7,13,16-18H,8-12,14-15H2,1-5H3,(H,28,31)(H,29,32)(H2,26,33,34)/b7-6+. The molecule has 12 nitrogen and oxygen atoms in total. The molecule has 4 saturated carbocycles. The molecular formula is C25H39N5O7S. The molecule has 13 heteroatoms. The summed E-state index contributed by atoms with van der Waals surface area (Å²) in [5.74, 6) is 0.647. The Hall–Kier alpha value is -2.64. The van der Waals surface area contributed by atoms with Crippen molar-refractivity contribution >= 4 is 28.5 Å². The van der Waals surface area contributed by atoms with E-state index in [1.807, 2.05) is 13.8 Å². The van der Waals surface area contributed by atoms with Gasteiger partial charge in [0, 0.05) is 18.2 Å². The van der Waals surface area contributed by atoms with Gasteiger partial charge in [-0.2, -0.15) is 13.5 Å². The first-order chi connectivity index (χ1) is 17.6. The van der Waals surface area contributed by atoms with Gasteiger partial charge in [-0.3, -0.25) is 8.98 Å². The van der Waals surface area contributed by atoms with Gasteiger partial charge in [0.25, 0.3) is 5.91 Å². The minimum absolute atomic E-state index is 0.203. The topological polar surface area (TPSA) is 164 Å². The number of nitrogens with two attached hydrogens (primary N) is 1. The third-order valence-corrected chi connectivity index (χ3v) is 8.05. The maximum absolute atomic E-state index is 13.7. The van der Waals surface area contributed by atoms with Crippen LogP contribution in [0.15, 0.2) is 12.3 Å². The van der Waals surface area contributed by atoms with Crippen molar-refractivity contribution in [2.24, 2.45) is 22.9 Å². The lowest BCUT2D eigenvalue weighted by molar-refractivity contribution is -0.121. The lowest BCUT2D eigenvalue weighted by Crippen LogP contribution is -2.66. The van der Waals surface area contributed by atoms with Gasteiger partial charge in [-0.1, -0.05) is 13.8 Å². The minimum Gasteiger partial charge on any atom is -0.477 e. The van der Waals surface area contributed by atoms with E-state index in [1.165, 1.54) is 18.0 Å². The Balaban J connectivity index is 1.58. The zero-order valence-electron chi connectivity index (χ0n) is 22.7. The van der Waals surface area contributed by atoms with Crippen LogP contribution in [-0.2, 0) is 19.2 Å². The molecule has 1 aromatic rings. The number of carbonyl (C=O) groups is 2. The molecule has 38 heavy (non-hydrogen) atoms. The Morgan fingerprint density at radius 2 is 1.92 bits per heavy atom. The van der Waals surface area contributed by atoms with E-state index < -0.39 is 33.1 Å². The zero-order chi connectivity index (χ0) is 27.9. The maximum Gasteiger partial charge on any atom is 0.407 e. The summed E-state index contributed by atoms with van der Waals surface area (Å²) in [6.45, 7) is 7.95. The van der Waals surface area contributed by atoms with E-state index in [0.29, 0.717) is 25.9 Å². The number of hydrogen-bond donors (Lipinski definition) is 3. The van der Waals surface area contributed by atoms with Crippen molar-refractivity contribution in [3.8, 4) is 5.88 Å². The van der Waals surface area contributed by atoms with Crippen LogP contribution in [-0.4, -0.2) is 60.6 Å². The van der Waals surface area contributed by atoms with Gasteiger partial charge in [0.05, 0.1) is 31.1 Å². The maximum atomic E-state index is 13.7. The lowest BCUT2D eigenvalue weighted by atomic mass is 9.51. The second-order valence-corrected chi connectivity index (χ2v) is 13.3. The van der Waals surface area contributed by atoms with E-state index in [9.17, 15) is 18.0 Å². The number of ether oxygens (including phenoxy) is 2. The molecule has 2 atom stereocenters. The van der Waals surface area contributed by atoms with Gasteiger partial charge in [-0.25, -0.2) is 14.6 Å². The van der Waals surface area contributed by atoms with Gasteiger partial charge in [0.2, 0.25) is 5.88 Å². The molecule has 212 valence electrons. The summed E-state index contributed by atoms with van der Waals surface area (Å²) >= 11 is 0. The van der Waals surface area contributed by atoms with Crippen molar-refractivity contribution in [1.82, 2.24) is 20.4 Å². The van der Waals surface area contributed by atoms with Crippen LogP contribution in [0.3, 0.4) is 0 Å². The SMILES string of the molecule is COC(=O)NC(C)(C)/C=C/n1ncc(C(=O)NC23CC4CC(C2)CC(OS(N)(=O)=O)(C4)C3)c1OCC(C)C. The normalized spacial score (nSPS) is 28.6. The van der Waals surface area contributed by atoms with Crippen LogP contribution in [0.2, 0.25) is 0 Å². The number of carbonyl (C=O) groups excluding carboxylic acids is 2. The number of hydrogen-bond acceptors (Lipinski definition) is 8. The predicted octanol–water partition coefficient (Wildman–Crippen LogP) is 2.56. The first-order valence-electron chi connectivity index (χ1n) is 12.9. The highest BCUT2D eigenvalue weighted by Gasteiger charge is 2.60. The summed E-state index contributed by atoms with van der Waals surface area (Å²) in [5.41, 5.74) is -1.96. The Kier molecular flexibility index (Phi) is 7.58. The summed E-state index contributed by atoms with van der Waals surface area (Å²) in [6.07, 6.45) is 8.37. The van der Waals surface area contributed by atoms with Gasteiger partial charge in [0.15, 0.2) is 0 Å². The monoisotopic (exact) mass is 553 g/mol.